The van der Waals surface area contributed by atoms with Gasteiger partial charge < -0.3 is 9.13 Å². The largest absolute Gasteiger partial charge is 0.309 e. The summed E-state index contributed by atoms with van der Waals surface area (Å²) in [4.78, 5) is 5.40. The quantitative estimate of drug-likeness (QED) is 0.173. The molecule has 2 aromatic heterocycles. The van der Waals surface area contributed by atoms with Crippen molar-refractivity contribution in [1.29, 1.82) is 0 Å². The first-order valence-electron chi connectivity index (χ1n) is 17.6. The first-order chi connectivity index (χ1) is 25.2. The molecule has 3 unspecified atom stereocenters. The zero-order chi connectivity index (χ0) is 33.7. The van der Waals surface area contributed by atoms with Gasteiger partial charge in [-0.05, 0) is 78.7 Å². The van der Waals surface area contributed by atoms with Gasteiger partial charge in [-0.25, -0.2) is 4.99 Å². The minimum absolute atomic E-state index is 0.143. The minimum Gasteiger partial charge on any atom is -0.309 e. The second-order valence-electron chi connectivity index (χ2n) is 13.8. The summed E-state index contributed by atoms with van der Waals surface area (Å²) in [6, 6.07) is 63.4. The molecule has 0 radical (unpaired) electrons. The van der Waals surface area contributed by atoms with Crippen molar-refractivity contribution in [3.63, 3.8) is 0 Å². The molecule has 5 heteroatoms. The SMILES string of the molecule is CC1(c2ccccc2)N=C(c2ccc(-n3c4ccccc4c4cc(-n5c6ccccc6c6ccccc65)ccc43)cc2)N2C(c3ccccc3)N21. The van der Waals surface area contributed by atoms with Crippen molar-refractivity contribution < 1.29 is 0 Å². The van der Waals surface area contributed by atoms with Crippen molar-refractivity contribution in [3.05, 3.63) is 193 Å². The van der Waals surface area contributed by atoms with E-state index in [-0.39, 0.29) is 6.17 Å². The van der Waals surface area contributed by atoms with E-state index in [1.165, 1.54) is 54.7 Å². The first-order valence-corrected chi connectivity index (χ1v) is 17.6. The molecule has 9 aromatic rings. The van der Waals surface area contributed by atoms with Crippen LogP contribution in [-0.4, -0.2) is 25.0 Å². The van der Waals surface area contributed by atoms with Crippen molar-refractivity contribution >= 4 is 49.4 Å². The van der Waals surface area contributed by atoms with Gasteiger partial charge in [0.15, 0.2) is 5.66 Å². The summed E-state index contributed by atoms with van der Waals surface area (Å²) in [6.45, 7) is 2.23. The Kier molecular flexibility index (Phi) is 5.87. The molecule has 4 heterocycles. The molecule has 0 amide bonds. The smallest absolute Gasteiger partial charge is 0.157 e. The fourth-order valence-electron chi connectivity index (χ4n) is 8.54. The van der Waals surface area contributed by atoms with Crippen LogP contribution in [0.3, 0.4) is 0 Å². The minimum atomic E-state index is -0.489. The van der Waals surface area contributed by atoms with Gasteiger partial charge in [-0.15, -0.1) is 0 Å². The molecule has 0 N–H and O–H groups in total. The van der Waals surface area contributed by atoms with Gasteiger partial charge in [0.2, 0.25) is 0 Å². The number of rotatable bonds is 5. The van der Waals surface area contributed by atoms with Crippen LogP contribution in [0.1, 0.15) is 29.8 Å². The molecule has 2 aliphatic rings. The Morgan fingerprint density at radius 2 is 0.961 bits per heavy atom. The van der Waals surface area contributed by atoms with Crippen LogP contribution in [0.5, 0.6) is 0 Å². The second-order valence-corrected chi connectivity index (χ2v) is 13.8. The predicted molar refractivity (Wildman–Crippen MR) is 208 cm³/mol. The molecular weight excluding hydrogens is 623 g/mol. The summed E-state index contributed by atoms with van der Waals surface area (Å²) >= 11 is 0. The highest BCUT2D eigenvalue weighted by Crippen LogP contribution is 2.57. The maximum atomic E-state index is 5.40. The number of aromatic nitrogens is 2. The zero-order valence-electron chi connectivity index (χ0n) is 28.1. The lowest BCUT2D eigenvalue weighted by atomic mass is 10.0. The molecule has 0 saturated carbocycles. The Morgan fingerprint density at radius 3 is 1.59 bits per heavy atom. The third-order valence-corrected chi connectivity index (χ3v) is 10.9. The van der Waals surface area contributed by atoms with E-state index in [0.29, 0.717) is 0 Å². The highest BCUT2D eigenvalue weighted by molar-refractivity contribution is 6.12. The number of hydrogen-bond donors (Lipinski definition) is 0. The number of nitrogens with zero attached hydrogens (tertiary/aromatic N) is 5. The van der Waals surface area contributed by atoms with E-state index in [9.17, 15) is 0 Å². The van der Waals surface area contributed by atoms with E-state index in [1.807, 2.05) is 0 Å². The standard InChI is InChI=1S/C46H33N5/c1-46(33-16-6-3-7-17-33)47-44(50-45(51(46)50)32-14-4-2-5-15-32)31-24-26-34(27-25-31)48-42-23-13-10-20-38(42)39-30-35(28-29-43(39)48)49-40-21-11-8-18-36(40)37-19-9-12-22-41(37)49/h2-30,45H,1H3. The van der Waals surface area contributed by atoms with Crippen molar-refractivity contribution in [2.45, 2.75) is 18.8 Å². The third-order valence-electron chi connectivity index (χ3n) is 10.9. The van der Waals surface area contributed by atoms with Crippen LogP contribution in [0.4, 0.5) is 0 Å². The summed E-state index contributed by atoms with van der Waals surface area (Å²) in [5, 5.41) is 9.78. The first kappa shape index (κ1) is 28.4. The lowest BCUT2D eigenvalue weighted by molar-refractivity contribution is 0.216. The monoisotopic (exact) mass is 655 g/mol. The Hall–Kier alpha value is -6.43. The van der Waals surface area contributed by atoms with Gasteiger partial charge in [-0.1, -0.05) is 115 Å². The molecule has 1 fully saturated rings. The van der Waals surface area contributed by atoms with Gasteiger partial charge in [0.05, 0.1) is 22.1 Å². The molecule has 0 aliphatic carbocycles. The van der Waals surface area contributed by atoms with Gasteiger partial charge in [0.1, 0.15) is 12.0 Å². The topological polar surface area (TPSA) is 28.2 Å². The van der Waals surface area contributed by atoms with Crippen molar-refractivity contribution in [1.82, 2.24) is 19.2 Å². The molecule has 3 atom stereocenters. The normalized spacial score (nSPS) is 19.6. The van der Waals surface area contributed by atoms with E-state index < -0.39 is 5.66 Å². The number of benzene rings is 7. The summed E-state index contributed by atoms with van der Waals surface area (Å²) in [5.74, 6) is 1.000. The van der Waals surface area contributed by atoms with E-state index in [1.54, 1.807) is 0 Å². The van der Waals surface area contributed by atoms with E-state index in [4.69, 9.17) is 4.99 Å². The average Bonchev–Trinajstić information content (AvgIpc) is 3.59. The molecule has 1 saturated heterocycles. The van der Waals surface area contributed by atoms with Crippen molar-refractivity contribution in [2.24, 2.45) is 4.99 Å². The predicted octanol–water partition coefficient (Wildman–Crippen LogP) is 10.7. The lowest BCUT2D eigenvalue weighted by Gasteiger charge is -2.23. The molecule has 7 aromatic carbocycles. The van der Waals surface area contributed by atoms with Crippen LogP contribution >= 0.6 is 0 Å². The van der Waals surface area contributed by atoms with Gasteiger partial charge in [0, 0.05) is 38.5 Å². The highest BCUT2D eigenvalue weighted by atomic mass is 15.9. The number of para-hydroxylation sites is 3. The fourth-order valence-corrected chi connectivity index (χ4v) is 8.54. The molecule has 5 nitrogen and oxygen atoms in total. The fraction of sp³-hybridized carbons (Fsp3) is 0.0652. The van der Waals surface area contributed by atoms with Gasteiger partial charge in [0.25, 0.3) is 0 Å². The number of amidine groups is 1. The summed E-state index contributed by atoms with van der Waals surface area (Å²) in [5.41, 5.74) is 10.2. The van der Waals surface area contributed by atoms with Crippen LogP contribution in [-0.2, 0) is 5.66 Å². The summed E-state index contributed by atoms with van der Waals surface area (Å²) in [7, 11) is 0. The number of fused-ring (bicyclic) bond motifs is 7. The third kappa shape index (κ3) is 4.04. The lowest BCUT2D eigenvalue weighted by Crippen LogP contribution is -2.27. The molecule has 0 bridgehead atoms. The number of aliphatic imine (C=N–C) groups is 1. The van der Waals surface area contributed by atoms with Crippen molar-refractivity contribution in [3.8, 4) is 11.4 Å². The Balaban J connectivity index is 1.03. The molecule has 2 aliphatic heterocycles. The maximum absolute atomic E-state index is 5.40. The molecule has 0 spiro atoms. The van der Waals surface area contributed by atoms with Crippen LogP contribution < -0.4 is 0 Å². The maximum Gasteiger partial charge on any atom is 0.157 e. The van der Waals surface area contributed by atoms with Crippen LogP contribution in [0, 0.1) is 0 Å². The Labute approximate surface area is 295 Å². The van der Waals surface area contributed by atoms with Gasteiger partial charge in [-0.3, -0.25) is 5.01 Å². The van der Waals surface area contributed by atoms with Gasteiger partial charge in [-0.2, -0.15) is 5.01 Å². The van der Waals surface area contributed by atoms with E-state index in [0.717, 1.165) is 22.8 Å². The van der Waals surface area contributed by atoms with E-state index in [2.05, 4.69) is 202 Å². The molecule has 51 heavy (non-hydrogen) atoms. The molecular formula is C46H33N5. The summed E-state index contributed by atoms with van der Waals surface area (Å²) in [6.07, 6.45) is 0.143. The zero-order valence-corrected chi connectivity index (χ0v) is 28.1. The highest BCUT2D eigenvalue weighted by Gasteiger charge is 2.63. The average molecular weight is 656 g/mol. The van der Waals surface area contributed by atoms with Crippen LogP contribution in [0.15, 0.2) is 181 Å². The van der Waals surface area contributed by atoms with Crippen LogP contribution in [0.25, 0.3) is 55.0 Å². The van der Waals surface area contributed by atoms with Gasteiger partial charge >= 0.3 is 0 Å². The van der Waals surface area contributed by atoms with E-state index >= 15 is 0 Å². The number of hydrazine groups is 1. The van der Waals surface area contributed by atoms with Crippen molar-refractivity contribution in [2.75, 3.05) is 0 Å². The molecule has 11 rings (SSSR count). The Morgan fingerprint density at radius 1 is 0.471 bits per heavy atom. The molecule has 242 valence electrons. The summed E-state index contributed by atoms with van der Waals surface area (Å²) < 4.78 is 4.79. The second kappa shape index (κ2) is 10.5. The Bertz CT molecular complexity index is 2780. The number of hydrogen-bond acceptors (Lipinski definition) is 3. The van der Waals surface area contributed by atoms with Crippen LogP contribution in [0.2, 0.25) is 0 Å².